The van der Waals surface area contributed by atoms with Crippen molar-refractivity contribution in [2.24, 2.45) is 0 Å². The van der Waals surface area contributed by atoms with Crippen LogP contribution in [0.1, 0.15) is 12.0 Å². The van der Waals surface area contributed by atoms with Crippen LogP contribution in [0, 0.1) is 5.82 Å². The molecule has 2 N–H and O–H groups in total. The zero-order valence-electron chi connectivity index (χ0n) is 20.5. The lowest BCUT2D eigenvalue weighted by Gasteiger charge is -2.16. The van der Waals surface area contributed by atoms with Crippen LogP contribution in [0.4, 0.5) is 13.2 Å². The Morgan fingerprint density at radius 3 is 2.69 bits per heavy atom. The zero-order chi connectivity index (χ0) is 26.6. The van der Waals surface area contributed by atoms with Gasteiger partial charge in [0.25, 0.3) is 5.92 Å². The number of H-pyrrole nitrogens is 2. The first kappa shape index (κ1) is 23.5. The number of imidazole rings is 1. The van der Waals surface area contributed by atoms with Gasteiger partial charge >= 0.3 is 0 Å². The van der Waals surface area contributed by atoms with E-state index in [1.165, 1.54) is 6.07 Å². The van der Waals surface area contributed by atoms with E-state index in [0.29, 0.717) is 52.3 Å². The fourth-order valence-corrected chi connectivity index (χ4v) is 5.15. The molecule has 1 fully saturated rings. The highest BCUT2D eigenvalue weighted by Crippen LogP contribution is 2.34. The van der Waals surface area contributed by atoms with Crippen molar-refractivity contribution in [3.63, 3.8) is 0 Å². The van der Waals surface area contributed by atoms with Gasteiger partial charge in [0.15, 0.2) is 11.5 Å². The van der Waals surface area contributed by atoms with Crippen molar-refractivity contribution in [2.45, 2.75) is 18.9 Å². The van der Waals surface area contributed by atoms with Crippen LogP contribution in [0.25, 0.3) is 55.8 Å². The zero-order valence-corrected chi connectivity index (χ0v) is 20.5. The molecule has 0 unspecified atom stereocenters. The van der Waals surface area contributed by atoms with Gasteiger partial charge in [0.05, 0.1) is 17.6 Å². The molecule has 194 valence electrons. The molecule has 6 aromatic rings. The lowest BCUT2D eigenvalue weighted by atomic mass is 10.0. The number of nitrogens with zero attached hydrogens (tertiary/aromatic N) is 6. The largest absolute Gasteiger partial charge is 0.335 e. The third-order valence-corrected chi connectivity index (χ3v) is 7.00. The van der Waals surface area contributed by atoms with Gasteiger partial charge in [-0.3, -0.25) is 20.0 Å². The number of hydrogen-bond acceptors (Lipinski definition) is 6. The Balaban J connectivity index is 1.27. The van der Waals surface area contributed by atoms with Crippen molar-refractivity contribution < 1.29 is 13.2 Å². The van der Waals surface area contributed by atoms with E-state index in [2.05, 4.69) is 35.1 Å². The summed E-state index contributed by atoms with van der Waals surface area (Å²) in [7, 11) is 0. The van der Waals surface area contributed by atoms with Gasteiger partial charge in [0, 0.05) is 84.2 Å². The first-order chi connectivity index (χ1) is 18.9. The molecule has 6 heterocycles. The van der Waals surface area contributed by atoms with Gasteiger partial charge < -0.3 is 4.98 Å². The predicted octanol–water partition coefficient (Wildman–Crippen LogP) is 5.61. The SMILES string of the molecule is Fc1cc2[nH]nc(-c3nc4nccc(-c5cccnc5)c4[nH]3)c2cc1-c1cncc(CN2CCC(F)(F)C2)c1. The van der Waals surface area contributed by atoms with Gasteiger partial charge in [-0.25, -0.2) is 23.1 Å². The maximum Gasteiger partial charge on any atom is 0.261 e. The average Bonchev–Trinajstić information content (AvgIpc) is 3.64. The number of likely N-dealkylation sites (tertiary alicyclic amines) is 1. The minimum absolute atomic E-state index is 0.157. The van der Waals surface area contributed by atoms with Crippen LogP contribution in [0.5, 0.6) is 0 Å². The average molecular weight is 527 g/mol. The van der Waals surface area contributed by atoms with E-state index in [9.17, 15) is 8.78 Å². The van der Waals surface area contributed by atoms with Crippen LogP contribution in [0.3, 0.4) is 0 Å². The van der Waals surface area contributed by atoms with Crippen molar-refractivity contribution in [3.8, 4) is 33.8 Å². The number of benzene rings is 1. The summed E-state index contributed by atoms with van der Waals surface area (Å²) < 4.78 is 42.5. The van der Waals surface area contributed by atoms with E-state index >= 15 is 4.39 Å². The van der Waals surface area contributed by atoms with Crippen LogP contribution in [0.15, 0.2) is 67.4 Å². The second kappa shape index (κ2) is 8.98. The Bertz CT molecular complexity index is 1830. The number of halogens is 3. The van der Waals surface area contributed by atoms with Crippen molar-refractivity contribution >= 4 is 22.1 Å². The Hall–Kier alpha value is -4.64. The Labute approximate surface area is 220 Å². The molecule has 0 spiro atoms. The topological polar surface area (TPSA) is 99.3 Å². The molecule has 1 aliphatic rings. The number of pyridine rings is 3. The van der Waals surface area contributed by atoms with Gasteiger partial charge in [-0.15, -0.1) is 0 Å². The van der Waals surface area contributed by atoms with Crippen LogP contribution in [-0.2, 0) is 6.54 Å². The molecule has 0 amide bonds. The summed E-state index contributed by atoms with van der Waals surface area (Å²) >= 11 is 0. The van der Waals surface area contributed by atoms with E-state index < -0.39 is 11.7 Å². The van der Waals surface area contributed by atoms with Gasteiger partial charge in [-0.2, -0.15) is 5.10 Å². The number of alkyl halides is 2. The van der Waals surface area contributed by atoms with Gasteiger partial charge in [-0.1, -0.05) is 6.07 Å². The highest BCUT2D eigenvalue weighted by atomic mass is 19.3. The van der Waals surface area contributed by atoms with Crippen LogP contribution in [-0.4, -0.2) is 59.0 Å². The molecule has 0 bridgehead atoms. The minimum atomic E-state index is -2.68. The standard InChI is InChI=1S/C28H21F3N8/c29-22-10-23-21(9-20(22)18-8-16(11-33-13-18)14-39-7-4-28(30,31)15-39)25(38-37-23)27-35-24-19(3-6-34-26(24)36-27)17-2-1-5-32-12-17/h1-3,5-6,8-13H,4,7,14-15H2,(H,37,38)(H,34,35,36). The number of aromatic nitrogens is 7. The minimum Gasteiger partial charge on any atom is -0.335 e. The molecule has 1 aliphatic heterocycles. The molecule has 1 aromatic carbocycles. The summed E-state index contributed by atoms with van der Waals surface area (Å²) in [4.78, 5) is 22.5. The maximum absolute atomic E-state index is 15.2. The summed E-state index contributed by atoms with van der Waals surface area (Å²) in [6, 6.07) is 10.6. The first-order valence-electron chi connectivity index (χ1n) is 12.4. The highest BCUT2D eigenvalue weighted by molar-refractivity contribution is 5.97. The fraction of sp³-hybridized carbons (Fsp3) is 0.179. The summed E-state index contributed by atoms with van der Waals surface area (Å²) in [6.45, 7) is 0.345. The smallest absolute Gasteiger partial charge is 0.261 e. The second-order valence-electron chi connectivity index (χ2n) is 9.73. The maximum atomic E-state index is 15.2. The molecule has 5 aromatic heterocycles. The third-order valence-electron chi connectivity index (χ3n) is 7.00. The molecule has 0 radical (unpaired) electrons. The third kappa shape index (κ3) is 4.30. The number of fused-ring (bicyclic) bond motifs is 2. The van der Waals surface area contributed by atoms with E-state index in [1.807, 2.05) is 18.2 Å². The Kier molecular flexibility index (Phi) is 5.41. The summed E-state index contributed by atoms with van der Waals surface area (Å²) in [5.74, 6) is -2.64. The molecule has 7 rings (SSSR count). The van der Waals surface area contributed by atoms with Crippen LogP contribution < -0.4 is 0 Å². The monoisotopic (exact) mass is 526 g/mol. The number of hydrogen-bond donors (Lipinski definition) is 2. The van der Waals surface area contributed by atoms with Crippen LogP contribution in [0.2, 0.25) is 0 Å². The van der Waals surface area contributed by atoms with Gasteiger partial charge in [0.1, 0.15) is 11.5 Å². The first-order valence-corrected chi connectivity index (χ1v) is 12.4. The molecular weight excluding hydrogens is 505 g/mol. The molecule has 0 saturated carbocycles. The molecule has 0 aliphatic carbocycles. The fourth-order valence-electron chi connectivity index (χ4n) is 5.15. The quantitative estimate of drug-likeness (QED) is 0.303. The lowest BCUT2D eigenvalue weighted by Crippen LogP contribution is -2.24. The summed E-state index contributed by atoms with van der Waals surface area (Å²) in [5, 5.41) is 7.98. The van der Waals surface area contributed by atoms with Crippen molar-refractivity contribution in [1.29, 1.82) is 0 Å². The lowest BCUT2D eigenvalue weighted by molar-refractivity contribution is 0.0115. The van der Waals surface area contributed by atoms with E-state index in [1.54, 1.807) is 48.0 Å². The number of rotatable bonds is 5. The second-order valence-corrected chi connectivity index (χ2v) is 9.73. The normalized spacial score (nSPS) is 15.5. The van der Waals surface area contributed by atoms with E-state index in [-0.39, 0.29) is 13.0 Å². The van der Waals surface area contributed by atoms with Crippen molar-refractivity contribution in [1.82, 2.24) is 40.0 Å². The molecule has 8 nitrogen and oxygen atoms in total. The number of nitrogens with one attached hydrogen (secondary N) is 2. The molecule has 0 atom stereocenters. The molecule has 11 heteroatoms. The number of aromatic amines is 2. The highest BCUT2D eigenvalue weighted by Gasteiger charge is 2.37. The predicted molar refractivity (Wildman–Crippen MR) is 140 cm³/mol. The van der Waals surface area contributed by atoms with Crippen molar-refractivity contribution in [2.75, 3.05) is 13.1 Å². The Morgan fingerprint density at radius 1 is 0.974 bits per heavy atom. The van der Waals surface area contributed by atoms with E-state index in [0.717, 1.165) is 22.2 Å². The van der Waals surface area contributed by atoms with Crippen LogP contribution >= 0.6 is 0 Å². The van der Waals surface area contributed by atoms with E-state index in [4.69, 9.17) is 0 Å². The summed E-state index contributed by atoms with van der Waals surface area (Å²) in [6.07, 6.45) is 8.21. The van der Waals surface area contributed by atoms with Crippen molar-refractivity contribution in [3.05, 3.63) is 78.8 Å². The molecule has 1 saturated heterocycles. The van der Waals surface area contributed by atoms with Gasteiger partial charge in [-0.05, 0) is 29.8 Å². The summed E-state index contributed by atoms with van der Waals surface area (Å²) in [5.41, 5.74) is 5.73. The van der Waals surface area contributed by atoms with Gasteiger partial charge in [0.2, 0.25) is 0 Å². The molecule has 39 heavy (non-hydrogen) atoms. The Morgan fingerprint density at radius 2 is 1.87 bits per heavy atom. The molecular formula is C28H21F3N8.